The molecule has 0 bridgehead atoms. The van der Waals surface area contributed by atoms with Crippen LogP contribution in [-0.2, 0) is 4.84 Å². The zero-order chi connectivity index (χ0) is 12.8. The van der Waals surface area contributed by atoms with Crippen molar-refractivity contribution in [1.29, 1.82) is 10.5 Å². The minimum Gasteiger partial charge on any atom is -0.276 e. The summed E-state index contributed by atoms with van der Waals surface area (Å²) in [4.78, 5) is 15.0. The fourth-order valence-electron chi connectivity index (χ4n) is 1.16. The maximum atomic E-state index is 10.8. The van der Waals surface area contributed by atoms with Gasteiger partial charge in [0.05, 0.1) is 22.7 Å². The third-order valence-electron chi connectivity index (χ3n) is 1.90. The molecule has 0 aliphatic carbocycles. The molecule has 0 saturated heterocycles. The van der Waals surface area contributed by atoms with Gasteiger partial charge in [-0.1, -0.05) is 0 Å². The van der Waals surface area contributed by atoms with Crippen molar-refractivity contribution < 1.29 is 9.76 Å². The molecule has 86 valence electrons. The summed E-state index contributed by atoms with van der Waals surface area (Å²) in [5, 5.41) is 28.3. The fourth-order valence-corrected chi connectivity index (χ4v) is 1.16. The molecule has 7 nitrogen and oxygen atoms in total. The minimum absolute atomic E-state index is 0.0405. The van der Waals surface area contributed by atoms with Crippen LogP contribution in [0.3, 0.4) is 0 Å². The van der Waals surface area contributed by atoms with Crippen molar-refractivity contribution in [3.63, 3.8) is 0 Å². The largest absolute Gasteiger partial charge is 0.296 e. The molecule has 0 aromatic heterocycles. The molecule has 0 unspecified atom stereocenters. The first kappa shape index (κ1) is 12.4. The molecule has 0 heterocycles. The van der Waals surface area contributed by atoms with E-state index in [2.05, 4.69) is 5.48 Å². The average Bonchev–Trinajstić information content (AvgIpc) is 2.34. The summed E-state index contributed by atoms with van der Waals surface area (Å²) >= 11 is 0. The third-order valence-corrected chi connectivity index (χ3v) is 1.90. The van der Waals surface area contributed by atoms with Gasteiger partial charge in [-0.25, -0.2) is 0 Å². The van der Waals surface area contributed by atoms with E-state index in [9.17, 15) is 10.1 Å². The number of anilines is 1. The average molecular weight is 232 g/mol. The van der Waals surface area contributed by atoms with E-state index in [-0.39, 0.29) is 22.5 Å². The van der Waals surface area contributed by atoms with Gasteiger partial charge in [0.1, 0.15) is 17.8 Å². The zero-order valence-corrected chi connectivity index (χ0v) is 8.93. The number of hydrogen-bond donors (Lipinski definition) is 1. The second-order valence-corrected chi connectivity index (χ2v) is 2.93. The van der Waals surface area contributed by atoms with E-state index in [0.717, 1.165) is 6.07 Å². The lowest BCUT2D eigenvalue weighted by Gasteiger charge is -2.06. The monoisotopic (exact) mass is 232 g/mol. The van der Waals surface area contributed by atoms with Gasteiger partial charge in [0.15, 0.2) is 0 Å². The van der Waals surface area contributed by atoms with Crippen LogP contribution in [-0.4, -0.2) is 11.5 Å². The summed E-state index contributed by atoms with van der Waals surface area (Å²) in [6.45, 7) is 2.01. The van der Waals surface area contributed by atoms with Crippen LogP contribution in [0, 0.1) is 32.8 Å². The van der Waals surface area contributed by atoms with Crippen LogP contribution >= 0.6 is 0 Å². The maximum absolute atomic E-state index is 10.8. The normalized spacial score (nSPS) is 9.12. The zero-order valence-electron chi connectivity index (χ0n) is 8.93. The van der Waals surface area contributed by atoms with Crippen molar-refractivity contribution >= 4 is 11.4 Å². The molecule has 0 amide bonds. The highest BCUT2D eigenvalue weighted by atomic mass is 16.6. The van der Waals surface area contributed by atoms with Crippen LogP contribution in [0.2, 0.25) is 0 Å². The first-order valence-electron chi connectivity index (χ1n) is 4.64. The number of hydrogen-bond acceptors (Lipinski definition) is 6. The quantitative estimate of drug-likeness (QED) is 0.624. The van der Waals surface area contributed by atoms with Gasteiger partial charge >= 0.3 is 0 Å². The van der Waals surface area contributed by atoms with E-state index in [1.807, 2.05) is 0 Å². The minimum atomic E-state index is -0.649. The van der Waals surface area contributed by atoms with Gasteiger partial charge in [0, 0.05) is 6.07 Å². The van der Waals surface area contributed by atoms with E-state index in [4.69, 9.17) is 15.4 Å². The molecule has 1 rings (SSSR count). The van der Waals surface area contributed by atoms with E-state index in [1.165, 1.54) is 6.07 Å². The number of nitro groups is 1. The van der Waals surface area contributed by atoms with E-state index < -0.39 is 4.92 Å². The molecular formula is C10H8N4O3. The summed E-state index contributed by atoms with van der Waals surface area (Å²) in [5.41, 5.74) is 2.12. The van der Waals surface area contributed by atoms with Crippen LogP contribution in [0.5, 0.6) is 0 Å². The number of nitrogens with one attached hydrogen (secondary N) is 1. The molecular weight excluding hydrogens is 224 g/mol. The summed E-state index contributed by atoms with van der Waals surface area (Å²) in [5.74, 6) is 0. The summed E-state index contributed by atoms with van der Waals surface area (Å²) in [6, 6.07) is 5.77. The molecule has 1 aromatic carbocycles. The SMILES string of the molecule is CCONc1cc(C#N)c(C#N)cc1[N+](=O)[O-]. The molecule has 0 saturated carbocycles. The highest BCUT2D eigenvalue weighted by molar-refractivity contribution is 5.67. The molecule has 0 spiro atoms. The number of nitriles is 2. The Hall–Kier alpha value is -2.64. The van der Waals surface area contributed by atoms with Gasteiger partial charge in [-0.3, -0.25) is 20.4 Å². The highest BCUT2D eigenvalue weighted by Gasteiger charge is 2.18. The lowest BCUT2D eigenvalue weighted by atomic mass is 10.1. The number of nitro benzene ring substituents is 1. The van der Waals surface area contributed by atoms with Crippen molar-refractivity contribution in [2.24, 2.45) is 0 Å². The Labute approximate surface area is 96.9 Å². The Morgan fingerprint density at radius 1 is 1.41 bits per heavy atom. The van der Waals surface area contributed by atoms with Gasteiger partial charge in [-0.15, -0.1) is 0 Å². The predicted octanol–water partition coefficient (Wildman–Crippen LogP) is 1.70. The van der Waals surface area contributed by atoms with Crippen LogP contribution in [0.4, 0.5) is 11.4 Å². The molecule has 1 aromatic rings. The van der Waals surface area contributed by atoms with Crippen molar-refractivity contribution in [1.82, 2.24) is 0 Å². The van der Waals surface area contributed by atoms with Gasteiger partial charge in [-0.2, -0.15) is 10.5 Å². The first-order valence-corrected chi connectivity index (χ1v) is 4.64. The Morgan fingerprint density at radius 2 is 2.00 bits per heavy atom. The van der Waals surface area contributed by atoms with Gasteiger partial charge < -0.3 is 0 Å². The summed E-state index contributed by atoms with van der Waals surface area (Å²) < 4.78 is 0. The molecule has 0 aliphatic heterocycles. The Kier molecular flexibility index (Phi) is 3.98. The Morgan fingerprint density at radius 3 is 2.47 bits per heavy atom. The molecule has 7 heteroatoms. The Bertz CT molecular complexity index is 528. The van der Waals surface area contributed by atoms with E-state index in [0.29, 0.717) is 6.61 Å². The first-order chi connectivity index (χ1) is 8.13. The number of rotatable bonds is 4. The van der Waals surface area contributed by atoms with Gasteiger partial charge in [-0.05, 0) is 13.0 Å². The Balaban J connectivity index is 3.32. The topological polar surface area (TPSA) is 112 Å². The second-order valence-electron chi connectivity index (χ2n) is 2.93. The molecule has 0 radical (unpaired) electrons. The van der Waals surface area contributed by atoms with Crippen molar-refractivity contribution in [3.05, 3.63) is 33.4 Å². The molecule has 17 heavy (non-hydrogen) atoms. The van der Waals surface area contributed by atoms with Crippen LogP contribution in [0.25, 0.3) is 0 Å². The van der Waals surface area contributed by atoms with Crippen molar-refractivity contribution in [3.8, 4) is 12.1 Å². The van der Waals surface area contributed by atoms with Crippen LogP contribution in [0.15, 0.2) is 12.1 Å². The van der Waals surface area contributed by atoms with E-state index >= 15 is 0 Å². The lowest BCUT2D eigenvalue weighted by Crippen LogP contribution is -2.04. The maximum Gasteiger partial charge on any atom is 0.296 e. The van der Waals surface area contributed by atoms with Gasteiger partial charge in [0.25, 0.3) is 5.69 Å². The van der Waals surface area contributed by atoms with E-state index in [1.54, 1.807) is 19.1 Å². The molecule has 0 fully saturated rings. The summed E-state index contributed by atoms with van der Waals surface area (Å²) in [7, 11) is 0. The lowest BCUT2D eigenvalue weighted by molar-refractivity contribution is -0.384. The van der Waals surface area contributed by atoms with Crippen molar-refractivity contribution in [2.45, 2.75) is 6.92 Å². The number of benzene rings is 1. The molecule has 0 aliphatic rings. The standard InChI is InChI=1S/C10H8N4O3/c1-2-17-13-9-3-7(5-11)8(6-12)4-10(9)14(15)16/h3-4,13H,2H2,1H3. The predicted molar refractivity (Wildman–Crippen MR) is 57.8 cm³/mol. The molecule has 1 N–H and O–H groups in total. The number of nitrogens with zero attached hydrogens (tertiary/aromatic N) is 3. The fraction of sp³-hybridized carbons (Fsp3) is 0.200. The van der Waals surface area contributed by atoms with Crippen LogP contribution in [0.1, 0.15) is 18.1 Å². The highest BCUT2D eigenvalue weighted by Crippen LogP contribution is 2.27. The van der Waals surface area contributed by atoms with Gasteiger partial charge in [0.2, 0.25) is 0 Å². The van der Waals surface area contributed by atoms with Crippen molar-refractivity contribution in [2.75, 3.05) is 12.1 Å². The smallest absolute Gasteiger partial charge is 0.276 e. The molecule has 0 atom stereocenters. The second kappa shape index (κ2) is 5.45. The summed E-state index contributed by atoms with van der Waals surface area (Å²) in [6.07, 6.45) is 0. The van der Waals surface area contributed by atoms with Crippen LogP contribution < -0.4 is 5.48 Å². The third kappa shape index (κ3) is 2.68.